The van der Waals surface area contributed by atoms with Crippen LogP contribution in [0.5, 0.6) is 5.75 Å². The molecule has 0 aromatic heterocycles. The molecule has 126 valence electrons. The predicted octanol–water partition coefficient (Wildman–Crippen LogP) is 5.58. The maximum absolute atomic E-state index is 13.0. The maximum Gasteiger partial charge on any atom is 0.187 e. The zero-order chi connectivity index (χ0) is 17.4. The highest BCUT2D eigenvalue weighted by molar-refractivity contribution is 9.10. The van der Waals surface area contributed by atoms with Crippen LogP contribution in [0.4, 0.5) is 10.1 Å². The molecule has 0 saturated heterocycles. The Morgan fingerprint density at radius 1 is 1.25 bits per heavy atom. The third kappa shape index (κ3) is 5.49. The highest BCUT2D eigenvalue weighted by Gasteiger charge is 2.03. The van der Waals surface area contributed by atoms with Crippen molar-refractivity contribution in [2.45, 2.75) is 19.8 Å². The Kier molecular flexibility index (Phi) is 7.00. The summed E-state index contributed by atoms with van der Waals surface area (Å²) in [6, 6.07) is 11.4. The Morgan fingerprint density at radius 3 is 2.67 bits per heavy atom. The first kappa shape index (κ1) is 18.2. The average molecular weight is 392 g/mol. The van der Waals surface area contributed by atoms with Gasteiger partial charge in [-0.1, -0.05) is 13.3 Å². The molecule has 0 aliphatic carbocycles. The summed E-state index contributed by atoms with van der Waals surface area (Å²) in [7, 11) is 0. The zero-order valence-corrected chi connectivity index (χ0v) is 15.0. The third-order valence-electron chi connectivity index (χ3n) is 3.31. The monoisotopic (exact) mass is 391 g/mol. The van der Waals surface area contributed by atoms with E-state index in [2.05, 4.69) is 28.2 Å². The second-order valence-corrected chi connectivity index (χ2v) is 6.05. The van der Waals surface area contributed by atoms with Crippen LogP contribution in [0.2, 0.25) is 0 Å². The van der Waals surface area contributed by atoms with Crippen LogP contribution < -0.4 is 10.1 Å². The van der Waals surface area contributed by atoms with Crippen molar-refractivity contribution in [3.63, 3.8) is 0 Å². The van der Waals surface area contributed by atoms with Gasteiger partial charge in [-0.15, -0.1) is 0 Å². The molecule has 0 heterocycles. The Labute approximate surface area is 149 Å². The van der Waals surface area contributed by atoms with Gasteiger partial charge in [0.25, 0.3) is 0 Å². The van der Waals surface area contributed by atoms with Crippen molar-refractivity contribution in [3.8, 4) is 5.75 Å². The molecule has 0 radical (unpaired) electrons. The number of ether oxygens (including phenoxy) is 1. The molecule has 3 nitrogen and oxygen atoms in total. The molecule has 0 amide bonds. The van der Waals surface area contributed by atoms with Gasteiger partial charge in [-0.2, -0.15) is 0 Å². The lowest BCUT2D eigenvalue weighted by molar-refractivity contribution is 0.104. The van der Waals surface area contributed by atoms with Crippen LogP contribution in [0.1, 0.15) is 30.1 Å². The topological polar surface area (TPSA) is 38.3 Å². The van der Waals surface area contributed by atoms with E-state index in [4.69, 9.17) is 4.74 Å². The van der Waals surface area contributed by atoms with Crippen molar-refractivity contribution in [2.24, 2.45) is 0 Å². The maximum atomic E-state index is 13.0. The quantitative estimate of drug-likeness (QED) is 0.362. The second kappa shape index (κ2) is 9.23. The van der Waals surface area contributed by atoms with E-state index < -0.39 is 0 Å². The minimum atomic E-state index is -0.325. The largest absolute Gasteiger partial charge is 0.494 e. The van der Waals surface area contributed by atoms with Gasteiger partial charge in [-0.3, -0.25) is 4.79 Å². The number of hydrogen-bond acceptors (Lipinski definition) is 3. The van der Waals surface area contributed by atoms with Crippen LogP contribution in [0.25, 0.3) is 0 Å². The van der Waals surface area contributed by atoms with Gasteiger partial charge in [0, 0.05) is 22.3 Å². The molecule has 2 aromatic carbocycles. The molecule has 2 aromatic rings. The van der Waals surface area contributed by atoms with E-state index in [-0.39, 0.29) is 11.6 Å². The van der Waals surface area contributed by atoms with E-state index in [1.807, 2.05) is 0 Å². The first-order valence-corrected chi connectivity index (χ1v) is 8.55. The summed E-state index contributed by atoms with van der Waals surface area (Å²) < 4.78 is 19.2. The van der Waals surface area contributed by atoms with Gasteiger partial charge in [0.05, 0.1) is 12.3 Å². The van der Waals surface area contributed by atoms with Crippen LogP contribution >= 0.6 is 15.9 Å². The summed E-state index contributed by atoms with van der Waals surface area (Å²) in [5.74, 6) is 0.312. The molecule has 0 aliphatic heterocycles. The molecule has 0 spiro atoms. The summed E-state index contributed by atoms with van der Waals surface area (Å²) in [5, 5.41) is 2.95. The molecule has 24 heavy (non-hydrogen) atoms. The van der Waals surface area contributed by atoms with Gasteiger partial charge in [0.1, 0.15) is 11.6 Å². The molecular formula is C19H19BrFNO2. The molecule has 0 saturated carbocycles. The molecule has 0 atom stereocenters. The predicted molar refractivity (Wildman–Crippen MR) is 98.0 cm³/mol. The molecule has 5 heteroatoms. The van der Waals surface area contributed by atoms with Crippen molar-refractivity contribution in [1.29, 1.82) is 0 Å². The van der Waals surface area contributed by atoms with Crippen LogP contribution in [-0.2, 0) is 0 Å². The van der Waals surface area contributed by atoms with Crippen molar-refractivity contribution in [1.82, 2.24) is 0 Å². The average Bonchev–Trinajstić information content (AvgIpc) is 2.57. The number of carbonyl (C=O) groups excluding carboxylic acids is 1. The molecule has 1 N–H and O–H groups in total. The molecule has 0 aliphatic rings. The molecule has 0 fully saturated rings. The van der Waals surface area contributed by atoms with Crippen LogP contribution in [0.3, 0.4) is 0 Å². The summed E-state index contributed by atoms with van der Waals surface area (Å²) in [6.07, 6.45) is 5.06. The number of anilines is 1. The van der Waals surface area contributed by atoms with Crippen molar-refractivity contribution in [2.75, 3.05) is 11.9 Å². The number of benzene rings is 2. The Hall–Kier alpha value is -2.14. The normalized spacial score (nSPS) is 10.8. The van der Waals surface area contributed by atoms with Gasteiger partial charge in [0.15, 0.2) is 5.78 Å². The Morgan fingerprint density at radius 2 is 2.00 bits per heavy atom. The number of halogens is 2. The molecule has 0 bridgehead atoms. The smallest absolute Gasteiger partial charge is 0.187 e. The minimum Gasteiger partial charge on any atom is -0.494 e. The summed E-state index contributed by atoms with van der Waals surface area (Å²) in [5.41, 5.74) is 1.26. The van der Waals surface area contributed by atoms with Crippen LogP contribution in [0.15, 0.2) is 59.2 Å². The van der Waals surface area contributed by atoms with Gasteiger partial charge in [-0.05, 0) is 64.8 Å². The van der Waals surface area contributed by atoms with Crippen molar-refractivity contribution < 1.29 is 13.9 Å². The Bertz CT molecular complexity index is 714. The lowest BCUT2D eigenvalue weighted by atomic mass is 10.1. The van der Waals surface area contributed by atoms with Gasteiger partial charge in [0.2, 0.25) is 0 Å². The number of ketones is 1. The van der Waals surface area contributed by atoms with Crippen LogP contribution in [-0.4, -0.2) is 12.4 Å². The van der Waals surface area contributed by atoms with Crippen molar-refractivity contribution in [3.05, 3.63) is 70.6 Å². The van der Waals surface area contributed by atoms with Crippen molar-refractivity contribution >= 4 is 27.4 Å². The van der Waals surface area contributed by atoms with E-state index in [9.17, 15) is 9.18 Å². The zero-order valence-electron chi connectivity index (χ0n) is 13.4. The standard InChI is InChI=1S/C19H19BrFNO2/c1-2-3-12-24-16-7-4-14(5-8-16)19(23)10-11-22-18-9-6-15(21)13-17(18)20/h4-11,13,22H,2-3,12H2,1H3. The summed E-state index contributed by atoms with van der Waals surface area (Å²) in [6.45, 7) is 2.79. The first-order valence-electron chi connectivity index (χ1n) is 7.75. The fraction of sp³-hybridized carbons (Fsp3) is 0.211. The fourth-order valence-electron chi connectivity index (χ4n) is 1.96. The number of carbonyl (C=O) groups is 1. The SMILES string of the molecule is CCCCOc1ccc(C(=O)C=CNc2ccc(F)cc2Br)cc1. The summed E-state index contributed by atoms with van der Waals surface area (Å²) in [4.78, 5) is 12.1. The van der Waals surface area contributed by atoms with Crippen LogP contribution in [0, 0.1) is 5.82 Å². The third-order valence-corrected chi connectivity index (χ3v) is 3.97. The number of allylic oxidation sites excluding steroid dienone is 1. The van der Waals surface area contributed by atoms with Gasteiger partial charge >= 0.3 is 0 Å². The van der Waals surface area contributed by atoms with Gasteiger partial charge < -0.3 is 10.1 Å². The van der Waals surface area contributed by atoms with E-state index in [0.717, 1.165) is 18.6 Å². The lowest BCUT2D eigenvalue weighted by Crippen LogP contribution is -1.99. The second-order valence-electron chi connectivity index (χ2n) is 5.19. The molecular weight excluding hydrogens is 373 g/mol. The number of nitrogens with one attached hydrogen (secondary N) is 1. The molecule has 0 unspecified atom stereocenters. The highest BCUT2D eigenvalue weighted by atomic mass is 79.9. The number of rotatable bonds is 8. The molecule has 2 rings (SSSR count). The first-order chi connectivity index (χ1) is 11.6. The van der Waals surface area contributed by atoms with E-state index in [1.54, 1.807) is 30.3 Å². The van der Waals surface area contributed by atoms with E-state index in [1.165, 1.54) is 24.4 Å². The van der Waals surface area contributed by atoms with Gasteiger partial charge in [-0.25, -0.2) is 4.39 Å². The number of unbranched alkanes of at least 4 members (excludes halogenated alkanes) is 1. The highest BCUT2D eigenvalue weighted by Crippen LogP contribution is 2.23. The van der Waals surface area contributed by atoms with E-state index >= 15 is 0 Å². The van der Waals surface area contributed by atoms with E-state index in [0.29, 0.717) is 22.3 Å². The fourth-order valence-corrected chi connectivity index (χ4v) is 2.42. The minimum absolute atomic E-state index is 0.124. The lowest BCUT2D eigenvalue weighted by Gasteiger charge is -2.05. The number of hydrogen-bond donors (Lipinski definition) is 1. The Balaban J connectivity index is 1.91. The summed E-state index contributed by atoms with van der Waals surface area (Å²) >= 11 is 3.26.